The normalized spacial score (nSPS) is 10.6. The number of carbonyl (C=O) groups is 3. The molecule has 0 saturated carbocycles. The van der Waals surface area contributed by atoms with Crippen molar-refractivity contribution in [2.24, 2.45) is 5.10 Å². The second-order valence-electron chi connectivity index (χ2n) is 8.32. The van der Waals surface area contributed by atoms with Crippen LogP contribution in [0.2, 0.25) is 5.02 Å². The van der Waals surface area contributed by atoms with Crippen LogP contribution in [0.4, 0.5) is 11.4 Å². The molecule has 0 radical (unpaired) electrons. The largest absolute Gasteiger partial charge is 0.493 e. The Labute approximate surface area is 238 Å². The molecule has 0 bridgehead atoms. The van der Waals surface area contributed by atoms with Crippen LogP contribution in [0.5, 0.6) is 11.5 Å². The van der Waals surface area contributed by atoms with E-state index in [4.69, 9.17) is 21.1 Å². The van der Waals surface area contributed by atoms with E-state index in [1.165, 1.54) is 49.7 Å². The number of hydrogen-bond donors (Lipinski definition) is 2. The average Bonchev–Trinajstić information content (AvgIpc) is 2.98. The van der Waals surface area contributed by atoms with Gasteiger partial charge in [0.15, 0.2) is 11.5 Å². The Morgan fingerprint density at radius 3 is 2.34 bits per heavy atom. The standard InChI is InChI=1S/C29H21ClN4O7/c1-40-26-15-18(9-14-25(26)41-29(37)19-10-12-22(13-11-19)34(38)39)17-31-33-27(35)20-5-4-6-21(16-20)32-28(36)23-7-2-3-8-24(23)30/h2-17H,1H3,(H,32,36)(H,33,35). The van der Waals surface area contributed by atoms with Gasteiger partial charge in [-0.3, -0.25) is 19.7 Å². The van der Waals surface area contributed by atoms with Crippen molar-refractivity contribution < 1.29 is 28.8 Å². The van der Waals surface area contributed by atoms with Crippen molar-refractivity contribution >= 4 is 47.0 Å². The maximum Gasteiger partial charge on any atom is 0.343 e. The first-order valence-electron chi connectivity index (χ1n) is 11.9. The van der Waals surface area contributed by atoms with Gasteiger partial charge in [0, 0.05) is 23.4 Å². The van der Waals surface area contributed by atoms with Crippen molar-refractivity contribution in [1.29, 1.82) is 0 Å². The van der Waals surface area contributed by atoms with E-state index in [-0.39, 0.29) is 28.3 Å². The average molecular weight is 573 g/mol. The first kappa shape index (κ1) is 28.5. The third-order valence-electron chi connectivity index (χ3n) is 5.58. The Morgan fingerprint density at radius 2 is 1.63 bits per heavy atom. The Kier molecular flexibility index (Phi) is 9.02. The van der Waals surface area contributed by atoms with Gasteiger partial charge in [-0.15, -0.1) is 0 Å². The van der Waals surface area contributed by atoms with Crippen molar-refractivity contribution in [3.05, 3.63) is 128 Å². The molecule has 0 spiro atoms. The Morgan fingerprint density at radius 1 is 0.878 bits per heavy atom. The van der Waals surface area contributed by atoms with Crippen LogP contribution >= 0.6 is 11.6 Å². The summed E-state index contributed by atoms with van der Waals surface area (Å²) in [6.45, 7) is 0. The summed E-state index contributed by atoms with van der Waals surface area (Å²) < 4.78 is 10.7. The summed E-state index contributed by atoms with van der Waals surface area (Å²) in [5, 5.41) is 17.8. The fourth-order valence-electron chi connectivity index (χ4n) is 3.54. The lowest BCUT2D eigenvalue weighted by Gasteiger charge is -2.10. The molecule has 0 unspecified atom stereocenters. The smallest absolute Gasteiger partial charge is 0.343 e. The molecule has 0 fully saturated rings. The summed E-state index contributed by atoms with van der Waals surface area (Å²) >= 11 is 6.07. The van der Waals surface area contributed by atoms with Gasteiger partial charge in [0.05, 0.1) is 34.4 Å². The summed E-state index contributed by atoms with van der Waals surface area (Å²) in [4.78, 5) is 47.8. The second-order valence-corrected chi connectivity index (χ2v) is 8.72. The molecule has 0 aliphatic carbocycles. The van der Waals surface area contributed by atoms with Gasteiger partial charge in [0.2, 0.25) is 0 Å². The molecule has 0 atom stereocenters. The number of hydrogen-bond acceptors (Lipinski definition) is 8. The zero-order valence-corrected chi connectivity index (χ0v) is 22.1. The molecule has 0 aliphatic heterocycles. The highest BCUT2D eigenvalue weighted by Crippen LogP contribution is 2.28. The minimum Gasteiger partial charge on any atom is -0.493 e. The van der Waals surface area contributed by atoms with E-state index < -0.39 is 22.7 Å². The molecule has 2 N–H and O–H groups in total. The van der Waals surface area contributed by atoms with Gasteiger partial charge < -0.3 is 14.8 Å². The zero-order chi connectivity index (χ0) is 29.4. The number of nitro groups is 1. The van der Waals surface area contributed by atoms with Gasteiger partial charge in [0.1, 0.15) is 0 Å². The van der Waals surface area contributed by atoms with E-state index in [0.717, 1.165) is 0 Å². The molecule has 41 heavy (non-hydrogen) atoms. The number of benzene rings is 4. The first-order chi connectivity index (χ1) is 19.7. The van der Waals surface area contributed by atoms with E-state index in [1.54, 1.807) is 54.6 Å². The second kappa shape index (κ2) is 13.0. The number of esters is 1. The molecule has 2 amide bonds. The lowest BCUT2D eigenvalue weighted by Crippen LogP contribution is -2.18. The Hall–Kier alpha value is -5.55. The summed E-state index contributed by atoms with van der Waals surface area (Å²) in [6, 6.07) is 22.5. The van der Waals surface area contributed by atoms with Crippen LogP contribution in [-0.2, 0) is 0 Å². The number of ether oxygens (including phenoxy) is 2. The number of methoxy groups -OCH3 is 1. The summed E-state index contributed by atoms with van der Waals surface area (Å²) in [5.41, 5.74) is 3.86. The van der Waals surface area contributed by atoms with Crippen molar-refractivity contribution in [3.63, 3.8) is 0 Å². The van der Waals surface area contributed by atoms with Crippen LogP contribution in [0.25, 0.3) is 0 Å². The third kappa shape index (κ3) is 7.31. The van der Waals surface area contributed by atoms with E-state index in [1.807, 2.05) is 0 Å². The summed E-state index contributed by atoms with van der Waals surface area (Å²) in [6.07, 6.45) is 1.37. The maximum absolute atomic E-state index is 12.6. The topological polar surface area (TPSA) is 149 Å². The molecule has 0 aromatic heterocycles. The quantitative estimate of drug-likeness (QED) is 0.0884. The van der Waals surface area contributed by atoms with E-state index in [9.17, 15) is 24.5 Å². The number of nitrogens with one attached hydrogen (secondary N) is 2. The molecule has 206 valence electrons. The minimum atomic E-state index is -0.725. The third-order valence-corrected chi connectivity index (χ3v) is 5.91. The maximum atomic E-state index is 12.6. The monoisotopic (exact) mass is 572 g/mol. The number of halogens is 1. The molecular formula is C29H21ClN4O7. The number of nitro benzene ring substituents is 1. The molecule has 0 saturated heterocycles. The van der Waals surface area contributed by atoms with Crippen LogP contribution < -0.4 is 20.2 Å². The minimum absolute atomic E-state index is 0.118. The Balaban J connectivity index is 1.38. The van der Waals surface area contributed by atoms with Gasteiger partial charge in [-0.2, -0.15) is 5.10 Å². The predicted molar refractivity (Wildman–Crippen MR) is 152 cm³/mol. The van der Waals surface area contributed by atoms with Crippen LogP contribution in [0.3, 0.4) is 0 Å². The lowest BCUT2D eigenvalue weighted by atomic mass is 10.1. The van der Waals surface area contributed by atoms with Crippen LogP contribution in [0.1, 0.15) is 36.6 Å². The molecule has 4 rings (SSSR count). The number of amides is 2. The molecule has 12 heteroatoms. The van der Waals surface area contributed by atoms with Gasteiger partial charge >= 0.3 is 5.97 Å². The van der Waals surface area contributed by atoms with Gasteiger partial charge in [-0.05, 0) is 66.2 Å². The first-order valence-corrected chi connectivity index (χ1v) is 12.3. The van der Waals surface area contributed by atoms with Crippen molar-refractivity contribution in [3.8, 4) is 11.5 Å². The predicted octanol–water partition coefficient (Wildman–Crippen LogP) is 5.49. The number of nitrogens with zero attached hydrogens (tertiary/aromatic N) is 2. The summed E-state index contributed by atoms with van der Waals surface area (Å²) in [5.74, 6) is -1.32. The highest BCUT2D eigenvalue weighted by atomic mass is 35.5. The van der Waals surface area contributed by atoms with Crippen LogP contribution in [0.15, 0.2) is 96.1 Å². The van der Waals surface area contributed by atoms with Gasteiger partial charge in [0.25, 0.3) is 17.5 Å². The van der Waals surface area contributed by atoms with Crippen molar-refractivity contribution in [2.45, 2.75) is 0 Å². The van der Waals surface area contributed by atoms with Crippen molar-refractivity contribution in [1.82, 2.24) is 5.43 Å². The molecule has 0 aliphatic rings. The SMILES string of the molecule is COc1cc(C=NNC(=O)c2cccc(NC(=O)c3ccccc3Cl)c2)ccc1OC(=O)c1ccc([N+](=O)[O-])cc1. The fraction of sp³-hybridized carbons (Fsp3) is 0.0345. The molecule has 4 aromatic carbocycles. The number of carbonyl (C=O) groups excluding carboxylic acids is 3. The molecule has 0 heterocycles. The highest BCUT2D eigenvalue weighted by molar-refractivity contribution is 6.34. The van der Waals surface area contributed by atoms with E-state index in [0.29, 0.717) is 21.8 Å². The number of anilines is 1. The summed E-state index contributed by atoms with van der Waals surface area (Å²) in [7, 11) is 1.39. The van der Waals surface area contributed by atoms with E-state index >= 15 is 0 Å². The van der Waals surface area contributed by atoms with Gasteiger partial charge in [-0.1, -0.05) is 29.8 Å². The van der Waals surface area contributed by atoms with Crippen LogP contribution in [0, 0.1) is 10.1 Å². The van der Waals surface area contributed by atoms with Crippen molar-refractivity contribution in [2.75, 3.05) is 12.4 Å². The van der Waals surface area contributed by atoms with Gasteiger partial charge in [-0.25, -0.2) is 10.2 Å². The number of non-ortho nitro benzene ring substituents is 1. The Bertz CT molecular complexity index is 1660. The number of hydrazone groups is 1. The lowest BCUT2D eigenvalue weighted by molar-refractivity contribution is -0.384. The highest BCUT2D eigenvalue weighted by Gasteiger charge is 2.15. The van der Waals surface area contributed by atoms with Crippen LogP contribution in [-0.4, -0.2) is 36.0 Å². The number of rotatable bonds is 9. The molecular weight excluding hydrogens is 552 g/mol. The molecule has 11 nitrogen and oxygen atoms in total. The zero-order valence-electron chi connectivity index (χ0n) is 21.4. The molecule has 4 aromatic rings. The fourth-order valence-corrected chi connectivity index (χ4v) is 3.76. The van der Waals surface area contributed by atoms with E-state index in [2.05, 4.69) is 15.8 Å².